The van der Waals surface area contributed by atoms with Crippen LogP contribution in [0, 0.1) is 0 Å². The van der Waals surface area contributed by atoms with E-state index in [1.807, 2.05) is 4.90 Å². The second kappa shape index (κ2) is 4.65. The van der Waals surface area contributed by atoms with E-state index in [4.69, 9.17) is 0 Å². The molecule has 92 valence electrons. The Hall–Kier alpha value is -1.71. The van der Waals surface area contributed by atoms with Crippen molar-refractivity contribution in [2.75, 3.05) is 6.54 Å². The molecular weight excluding hydrogens is 218 g/mol. The lowest BCUT2D eigenvalue weighted by Crippen LogP contribution is -2.35. The van der Waals surface area contributed by atoms with E-state index >= 15 is 0 Å². The van der Waals surface area contributed by atoms with Gasteiger partial charge in [0.1, 0.15) is 0 Å². The van der Waals surface area contributed by atoms with Gasteiger partial charge < -0.3 is 15.1 Å². The zero-order chi connectivity index (χ0) is 12.4. The van der Waals surface area contributed by atoms with E-state index in [1.165, 1.54) is 12.1 Å². The smallest absolute Gasteiger partial charge is 0.254 e. The number of likely N-dealkylation sites (tertiary alicyclic amines) is 1. The van der Waals surface area contributed by atoms with Crippen molar-refractivity contribution in [1.29, 1.82) is 0 Å². The summed E-state index contributed by atoms with van der Waals surface area (Å²) in [6.45, 7) is 2.85. The Morgan fingerprint density at radius 1 is 1.41 bits per heavy atom. The third-order valence-corrected chi connectivity index (χ3v) is 3.33. The molecular formula is C13H17NO3. The summed E-state index contributed by atoms with van der Waals surface area (Å²) in [5.74, 6) is -0.511. The third kappa shape index (κ3) is 2.20. The number of phenolic OH excluding ortho intramolecular Hbond substituents is 2. The van der Waals surface area contributed by atoms with Gasteiger partial charge in [0.05, 0.1) is 0 Å². The first-order valence-corrected chi connectivity index (χ1v) is 5.96. The molecule has 1 aromatic rings. The summed E-state index contributed by atoms with van der Waals surface area (Å²) < 4.78 is 0. The lowest BCUT2D eigenvalue weighted by Gasteiger charge is -2.23. The minimum absolute atomic E-state index is 0.0651. The highest BCUT2D eigenvalue weighted by Gasteiger charge is 2.28. The first-order chi connectivity index (χ1) is 8.13. The van der Waals surface area contributed by atoms with Crippen molar-refractivity contribution in [2.45, 2.75) is 32.2 Å². The maximum atomic E-state index is 12.2. The molecule has 2 N–H and O–H groups in total. The number of aromatic hydroxyl groups is 2. The van der Waals surface area contributed by atoms with E-state index in [2.05, 4.69) is 6.92 Å². The van der Waals surface area contributed by atoms with Crippen LogP contribution >= 0.6 is 0 Å². The van der Waals surface area contributed by atoms with Gasteiger partial charge in [0, 0.05) is 18.2 Å². The number of carbonyl (C=O) groups excluding carboxylic acids is 1. The summed E-state index contributed by atoms with van der Waals surface area (Å²) >= 11 is 0. The maximum Gasteiger partial charge on any atom is 0.254 e. The molecule has 1 aliphatic rings. The first kappa shape index (κ1) is 11.8. The van der Waals surface area contributed by atoms with Crippen molar-refractivity contribution < 1.29 is 15.0 Å². The van der Waals surface area contributed by atoms with Gasteiger partial charge in [0.2, 0.25) is 0 Å². The Balaban J connectivity index is 2.21. The van der Waals surface area contributed by atoms with E-state index in [9.17, 15) is 15.0 Å². The molecule has 0 bridgehead atoms. The summed E-state index contributed by atoms with van der Waals surface area (Å²) in [6.07, 6.45) is 3.04. The molecule has 2 rings (SSSR count). The topological polar surface area (TPSA) is 60.8 Å². The van der Waals surface area contributed by atoms with Crippen LogP contribution in [0.5, 0.6) is 11.5 Å². The summed E-state index contributed by atoms with van der Waals surface area (Å²) in [6, 6.07) is 4.52. The third-order valence-electron chi connectivity index (χ3n) is 3.33. The Labute approximate surface area is 100 Å². The van der Waals surface area contributed by atoms with Crippen LogP contribution < -0.4 is 0 Å². The van der Waals surface area contributed by atoms with Gasteiger partial charge in [0.15, 0.2) is 11.5 Å². The molecule has 1 saturated heterocycles. The van der Waals surface area contributed by atoms with Crippen LogP contribution in [0.2, 0.25) is 0 Å². The molecule has 0 radical (unpaired) electrons. The minimum atomic E-state index is -0.247. The van der Waals surface area contributed by atoms with Gasteiger partial charge in [-0.05, 0) is 37.5 Å². The molecule has 0 saturated carbocycles. The van der Waals surface area contributed by atoms with Crippen LogP contribution in [0.3, 0.4) is 0 Å². The highest BCUT2D eigenvalue weighted by atomic mass is 16.3. The van der Waals surface area contributed by atoms with Gasteiger partial charge in [-0.15, -0.1) is 0 Å². The molecule has 0 aliphatic carbocycles. The first-order valence-electron chi connectivity index (χ1n) is 5.96. The standard InChI is InChI=1S/C13H17NO3/c1-2-10-4-3-7-14(10)13(17)9-5-6-11(15)12(16)8-9/h5-6,8,10,15-16H,2-4,7H2,1H3. The van der Waals surface area contributed by atoms with Crippen molar-refractivity contribution in [2.24, 2.45) is 0 Å². The van der Waals surface area contributed by atoms with Crippen LogP contribution in [0.4, 0.5) is 0 Å². The average Bonchev–Trinajstić information content (AvgIpc) is 2.80. The molecule has 1 heterocycles. The number of nitrogens with zero attached hydrogens (tertiary/aromatic N) is 1. The fraction of sp³-hybridized carbons (Fsp3) is 0.462. The van der Waals surface area contributed by atoms with Crippen LogP contribution in [-0.4, -0.2) is 33.6 Å². The lowest BCUT2D eigenvalue weighted by molar-refractivity contribution is 0.0733. The number of carbonyl (C=O) groups is 1. The Kier molecular flexibility index (Phi) is 3.22. The summed E-state index contributed by atoms with van der Waals surface area (Å²) in [4.78, 5) is 14.1. The molecule has 1 unspecified atom stereocenters. The van der Waals surface area contributed by atoms with Gasteiger partial charge in [-0.25, -0.2) is 0 Å². The summed E-state index contributed by atoms with van der Waals surface area (Å²) in [7, 11) is 0. The number of benzene rings is 1. The maximum absolute atomic E-state index is 12.2. The quantitative estimate of drug-likeness (QED) is 0.772. The number of rotatable bonds is 2. The zero-order valence-electron chi connectivity index (χ0n) is 9.89. The number of amides is 1. The minimum Gasteiger partial charge on any atom is -0.504 e. The molecule has 1 fully saturated rings. The number of hydrogen-bond acceptors (Lipinski definition) is 3. The normalized spacial score (nSPS) is 19.6. The van der Waals surface area contributed by atoms with E-state index in [1.54, 1.807) is 6.07 Å². The second-order valence-corrected chi connectivity index (χ2v) is 4.41. The van der Waals surface area contributed by atoms with Crippen molar-refractivity contribution in [1.82, 2.24) is 4.90 Å². The SMILES string of the molecule is CCC1CCCN1C(=O)c1ccc(O)c(O)c1. The van der Waals surface area contributed by atoms with Crippen LogP contribution in [0.25, 0.3) is 0 Å². The van der Waals surface area contributed by atoms with Crippen molar-refractivity contribution >= 4 is 5.91 Å². The van der Waals surface area contributed by atoms with Crippen LogP contribution in [-0.2, 0) is 0 Å². The van der Waals surface area contributed by atoms with Gasteiger partial charge >= 0.3 is 0 Å². The number of hydrogen-bond donors (Lipinski definition) is 2. The summed E-state index contributed by atoms with van der Waals surface area (Å²) in [5.41, 5.74) is 0.431. The Bertz CT molecular complexity index is 431. The van der Waals surface area contributed by atoms with Crippen molar-refractivity contribution in [3.8, 4) is 11.5 Å². The van der Waals surface area contributed by atoms with Crippen molar-refractivity contribution in [3.05, 3.63) is 23.8 Å². The fourth-order valence-electron chi connectivity index (χ4n) is 2.35. The van der Waals surface area contributed by atoms with Gasteiger partial charge in [-0.1, -0.05) is 6.92 Å². The van der Waals surface area contributed by atoms with Crippen molar-refractivity contribution in [3.63, 3.8) is 0 Å². The molecule has 1 atom stereocenters. The monoisotopic (exact) mass is 235 g/mol. The number of phenols is 2. The van der Waals surface area contributed by atoms with E-state index in [0.29, 0.717) is 11.6 Å². The van der Waals surface area contributed by atoms with E-state index < -0.39 is 0 Å². The highest BCUT2D eigenvalue weighted by Crippen LogP contribution is 2.27. The van der Waals surface area contributed by atoms with Gasteiger partial charge in [-0.3, -0.25) is 4.79 Å². The van der Waals surface area contributed by atoms with E-state index in [-0.39, 0.29) is 17.4 Å². The van der Waals surface area contributed by atoms with E-state index in [0.717, 1.165) is 25.8 Å². The Morgan fingerprint density at radius 3 is 2.82 bits per heavy atom. The second-order valence-electron chi connectivity index (χ2n) is 4.41. The molecule has 1 aliphatic heterocycles. The predicted molar refractivity (Wildman–Crippen MR) is 64.1 cm³/mol. The zero-order valence-corrected chi connectivity index (χ0v) is 9.89. The molecule has 1 aromatic carbocycles. The molecule has 17 heavy (non-hydrogen) atoms. The van der Waals surface area contributed by atoms with Crippen LogP contribution in [0.15, 0.2) is 18.2 Å². The molecule has 1 amide bonds. The van der Waals surface area contributed by atoms with Gasteiger partial charge in [0.25, 0.3) is 5.91 Å². The highest BCUT2D eigenvalue weighted by molar-refractivity contribution is 5.95. The molecule has 0 spiro atoms. The fourth-order valence-corrected chi connectivity index (χ4v) is 2.35. The van der Waals surface area contributed by atoms with Gasteiger partial charge in [-0.2, -0.15) is 0 Å². The largest absolute Gasteiger partial charge is 0.504 e. The lowest BCUT2D eigenvalue weighted by atomic mass is 10.1. The molecule has 4 nitrogen and oxygen atoms in total. The predicted octanol–water partition coefficient (Wildman–Crippen LogP) is 2.11. The van der Waals surface area contributed by atoms with Crippen LogP contribution in [0.1, 0.15) is 36.5 Å². The Morgan fingerprint density at radius 2 is 2.18 bits per heavy atom. The average molecular weight is 235 g/mol. The molecule has 4 heteroatoms. The summed E-state index contributed by atoms with van der Waals surface area (Å²) in [5, 5.41) is 18.6. The molecule has 0 aromatic heterocycles.